The van der Waals surface area contributed by atoms with E-state index in [1.807, 2.05) is 12.1 Å². The predicted molar refractivity (Wildman–Crippen MR) is 73.2 cm³/mol. The van der Waals surface area contributed by atoms with E-state index in [1.165, 1.54) is 19.5 Å². The summed E-state index contributed by atoms with van der Waals surface area (Å²) < 4.78 is 5.17. The molecule has 108 valence electrons. The summed E-state index contributed by atoms with van der Waals surface area (Å²) in [6, 6.07) is 7.20. The van der Waals surface area contributed by atoms with Crippen LogP contribution in [0.15, 0.2) is 36.7 Å². The Morgan fingerprint density at radius 1 is 1.19 bits per heavy atom. The van der Waals surface area contributed by atoms with Crippen molar-refractivity contribution in [1.82, 2.24) is 15.3 Å². The summed E-state index contributed by atoms with van der Waals surface area (Å²) in [6.07, 6.45) is 2.49. The van der Waals surface area contributed by atoms with Gasteiger partial charge < -0.3 is 15.2 Å². The van der Waals surface area contributed by atoms with Gasteiger partial charge in [-0.1, -0.05) is 18.2 Å². The second kappa shape index (κ2) is 6.47. The summed E-state index contributed by atoms with van der Waals surface area (Å²) in [5.41, 5.74) is 0.170. The molecular formula is C14H13N3O4. The van der Waals surface area contributed by atoms with Crippen LogP contribution in [0.2, 0.25) is 0 Å². The van der Waals surface area contributed by atoms with Gasteiger partial charge in [0.25, 0.3) is 5.91 Å². The van der Waals surface area contributed by atoms with Gasteiger partial charge in [0, 0.05) is 24.5 Å². The molecule has 1 aromatic carbocycles. The number of rotatable bonds is 5. The van der Waals surface area contributed by atoms with Crippen LogP contribution in [-0.2, 0) is 6.54 Å². The number of benzene rings is 1. The molecule has 0 aliphatic heterocycles. The quantitative estimate of drug-likeness (QED) is 0.854. The van der Waals surface area contributed by atoms with Crippen LogP contribution in [0, 0.1) is 0 Å². The number of hydrogen-bond acceptors (Lipinski definition) is 5. The Bertz CT molecular complexity index is 673. The maximum absolute atomic E-state index is 12.0. The number of methoxy groups -OCH3 is 1. The lowest BCUT2D eigenvalue weighted by atomic mass is 10.2. The molecule has 0 fully saturated rings. The minimum atomic E-state index is -1.30. The molecule has 0 aliphatic rings. The van der Waals surface area contributed by atoms with E-state index in [-0.39, 0.29) is 17.9 Å². The van der Waals surface area contributed by atoms with Gasteiger partial charge in [-0.3, -0.25) is 4.79 Å². The van der Waals surface area contributed by atoms with E-state index in [1.54, 1.807) is 12.1 Å². The molecule has 7 nitrogen and oxygen atoms in total. The summed E-state index contributed by atoms with van der Waals surface area (Å²) in [4.78, 5) is 30.4. The second-order valence-electron chi connectivity index (χ2n) is 4.05. The van der Waals surface area contributed by atoms with Gasteiger partial charge in [0.2, 0.25) is 0 Å². The third-order valence-electron chi connectivity index (χ3n) is 2.75. The van der Waals surface area contributed by atoms with Crippen molar-refractivity contribution < 1.29 is 19.4 Å². The first-order valence-electron chi connectivity index (χ1n) is 6.08. The smallest absolute Gasteiger partial charge is 0.356 e. The van der Waals surface area contributed by atoms with E-state index in [0.29, 0.717) is 5.75 Å². The van der Waals surface area contributed by atoms with Crippen molar-refractivity contribution in [2.75, 3.05) is 7.11 Å². The maximum Gasteiger partial charge on any atom is 0.356 e. The zero-order chi connectivity index (χ0) is 15.2. The van der Waals surface area contributed by atoms with Gasteiger partial charge in [-0.2, -0.15) is 0 Å². The Kier molecular flexibility index (Phi) is 4.45. The number of para-hydroxylation sites is 1. The molecule has 0 atom stereocenters. The lowest BCUT2D eigenvalue weighted by Gasteiger charge is -2.09. The van der Waals surface area contributed by atoms with Crippen LogP contribution in [0.3, 0.4) is 0 Å². The first-order valence-corrected chi connectivity index (χ1v) is 6.08. The van der Waals surface area contributed by atoms with E-state index in [4.69, 9.17) is 9.84 Å². The van der Waals surface area contributed by atoms with Crippen LogP contribution in [0.25, 0.3) is 0 Å². The van der Waals surface area contributed by atoms with Crippen LogP contribution < -0.4 is 10.1 Å². The molecule has 0 spiro atoms. The van der Waals surface area contributed by atoms with Gasteiger partial charge in [-0.05, 0) is 6.07 Å². The summed E-state index contributed by atoms with van der Waals surface area (Å²) in [6.45, 7) is 0.193. The number of nitrogens with one attached hydrogen (secondary N) is 1. The molecule has 1 amide bonds. The molecule has 21 heavy (non-hydrogen) atoms. The fourth-order valence-electron chi connectivity index (χ4n) is 1.77. The minimum absolute atomic E-state index is 0.193. The molecule has 2 N–H and O–H groups in total. The van der Waals surface area contributed by atoms with Gasteiger partial charge in [0.1, 0.15) is 5.75 Å². The highest BCUT2D eigenvalue weighted by molar-refractivity contribution is 6.01. The zero-order valence-electron chi connectivity index (χ0n) is 11.2. The number of ether oxygens (including phenoxy) is 1. The van der Waals surface area contributed by atoms with Crippen molar-refractivity contribution in [2.45, 2.75) is 6.54 Å². The number of aromatic carboxylic acids is 1. The molecule has 0 aliphatic carbocycles. The molecule has 2 aromatic rings. The molecule has 7 heteroatoms. The van der Waals surface area contributed by atoms with Crippen molar-refractivity contribution in [1.29, 1.82) is 0 Å². The maximum atomic E-state index is 12.0. The first-order chi connectivity index (χ1) is 10.1. The van der Waals surface area contributed by atoms with Crippen LogP contribution in [-0.4, -0.2) is 34.1 Å². The Hall–Kier alpha value is -2.96. The van der Waals surface area contributed by atoms with Crippen LogP contribution in [0.1, 0.15) is 26.5 Å². The summed E-state index contributed by atoms with van der Waals surface area (Å²) >= 11 is 0. The fourth-order valence-corrected chi connectivity index (χ4v) is 1.77. The van der Waals surface area contributed by atoms with Gasteiger partial charge in [-0.15, -0.1) is 0 Å². The number of carboxylic acid groups (broad SMARTS) is 1. The third kappa shape index (κ3) is 3.33. The molecule has 0 bridgehead atoms. The van der Waals surface area contributed by atoms with Crippen LogP contribution in [0.4, 0.5) is 0 Å². The average Bonchev–Trinajstić information content (AvgIpc) is 2.52. The van der Waals surface area contributed by atoms with Crippen molar-refractivity contribution in [3.05, 3.63) is 53.6 Å². The number of nitrogens with zero attached hydrogens (tertiary/aromatic N) is 2. The normalized spacial score (nSPS) is 9.95. The Morgan fingerprint density at radius 3 is 2.52 bits per heavy atom. The summed E-state index contributed by atoms with van der Waals surface area (Å²) in [7, 11) is 1.53. The Balaban J connectivity index is 2.14. The predicted octanol–water partition coefficient (Wildman–Crippen LogP) is 1.11. The topological polar surface area (TPSA) is 101 Å². The molecule has 0 saturated carbocycles. The number of aromatic nitrogens is 2. The number of carbonyl (C=O) groups excluding carboxylic acids is 1. The van der Waals surface area contributed by atoms with Crippen LogP contribution in [0.5, 0.6) is 5.75 Å². The van der Waals surface area contributed by atoms with Crippen molar-refractivity contribution in [3.8, 4) is 5.75 Å². The van der Waals surface area contributed by atoms with E-state index in [2.05, 4.69) is 15.3 Å². The molecular weight excluding hydrogens is 274 g/mol. The third-order valence-corrected chi connectivity index (χ3v) is 2.75. The highest BCUT2D eigenvalue weighted by Crippen LogP contribution is 2.16. The van der Waals surface area contributed by atoms with Gasteiger partial charge >= 0.3 is 5.97 Å². The van der Waals surface area contributed by atoms with Crippen molar-refractivity contribution in [2.24, 2.45) is 0 Å². The van der Waals surface area contributed by atoms with Crippen LogP contribution >= 0.6 is 0 Å². The van der Waals surface area contributed by atoms with E-state index in [9.17, 15) is 9.59 Å². The summed E-state index contributed by atoms with van der Waals surface area (Å²) in [5.74, 6) is -1.27. The average molecular weight is 287 g/mol. The highest BCUT2D eigenvalue weighted by Gasteiger charge is 2.19. The number of carboxylic acids is 1. The van der Waals surface area contributed by atoms with Crippen molar-refractivity contribution in [3.63, 3.8) is 0 Å². The Labute approximate surface area is 120 Å². The van der Waals surface area contributed by atoms with Gasteiger partial charge in [-0.25, -0.2) is 14.8 Å². The molecule has 0 unspecified atom stereocenters. The van der Waals surface area contributed by atoms with E-state index < -0.39 is 11.9 Å². The molecule has 1 aromatic heterocycles. The van der Waals surface area contributed by atoms with E-state index >= 15 is 0 Å². The second-order valence-corrected chi connectivity index (χ2v) is 4.05. The Morgan fingerprint density at radius 2 is 1.86 bits per heavy atom. The lowest BCUT2D eigenvalue weighted by molar-refractivity contribution is 0.0683. The first kappa shape index (κ1) is 14.4. The fraction of sp³-hybridized carbons (Fsp3) is 0.143. The summed E-state index contributed by atoms with van der Waals surface area (Å²) in [5, 5.41) is 11.6. The highest BCUT2D eigenvalue weighted by atomic mass is 16.5. The minimum Gasteiger partial charge on any atom is -0.496 e. The molecule has 1 heterocycles. The molecule has 0 radical (unpaired) electrons. The number of carbonyl (C=O) groups is 2. The molecule has 0 saturated heterocycles. The molecule has 2 rings (SSSR count). The monoisotopic (exact) mass is 287 g/mol. The number of hydrogen-bond donors (Lipinski definition) is 2. The van der Waals surface area contributed by atoms with Gasteiger partial charge in [0.15, 0.2) is 11.4 Å². The number of amides is 1. The van der Waals surface area contributed by atoms with E-state index in [0.717, 1.165) is 5.56 Å². The van der Waals surface area contributed by atoms with Crippen molar-refractivity contribution >= 4 is 11.9 Å². The van der Waals surface area contributed by atoms with Gasteiger partial charge in [0.05, 0.1) is 7.11 Å². The SMILES string of the molecule is COc1ccccc1CNC(=O)c1nccnc1C(=O)O. The standard InChI is InChI=1S/C14H13N3O4/c1-21-10-5-3-2-4-9(10)8-17-13(18)11-12(14(19)20)16-7-6-15-11/h2-7H,8H2,1H3,(H,17,18)(H,19,20). The largest absolute Gasteiger partial charge is 0.496 e. The zero-order valence-corrected chi connectivity index (χ0v) is 11.2. The lowest BCUT2D eigenvalue weighted by Crippen LogP contribution is -2.26.